The summed E-state index contributed by atoms with van der Waals surface area (Å²) in [5, 5.41) is 8.60. The molecule has 0 spiro atoms. The average molecular weight is 186 g/mol. The van der Waals surface area contributed by atoms with Crippen molar-refractivity contribution in [1.29, 1.82) is 5.26 Å². The predicted octanol–water partition coefficient (Wildman–Crippen LogP) is 2.69. The lowest BCUT2D eigenvalue weighted by Gasteiger charge is -1.95. The number of hydrogen-bond acceptors (Lipinski definition) is 1. The molecule has 68 valence electrons. The molecule has 0 bridgehead atoms. The second kappa shape index (κ2) is 3.35. The summed E-state index contributed by atoms with van der Waals surface area (Å²) in [5.41, 5.74) is 2.06. The third-order valence-electron chi connectivity index (χ3n) is 1.96. The standard InChI is InChI=1S/C11H7FN2/c12-10-3-1-2-8(4-10)9-5-11(6-13)14-7-9/h1-5,7,14H. The summed E-state index contributed by atoms with van der Waals surface area (Å²) < 4.78 is 12.9. The van der Waals surface area contributed by atoms with Gasteiger partial charge in [-0.25, -0.2) is 4.39 Å². The zero-order valence-corrected chi connectivity index (χ0v) is 7.29. The minimum atomic E-state index is -0.276. The number of nitriles is 1. The van der Waals surface area contributed by atoms with Crippen molar-refractivity contribution >= 4 is 0 Å². The zero-order valence-electron chi connectivity index (χ0n) is 7.29. The zero-order chi connectivity index (χ0) is 9.97. The second-order valence-electron chi connectivity index (χ2n) is 2.92. The molecule has 0 aliphatic heterocycles. The van der Waals surface area contributed by atoms with Gasteiger partial charge in [0, 0.05) is 11.8 Å². The molecule has 14 heavy (non-hydrogen) atoms. The number of benzene rings is 1. The van der Waals surface area contributed by atoms with Gasteiger partial charge in [0.25, 0.3) is 0 Å². The van der Waals surface area contributed by atoms with Crippen LogP contribution in [0.3, 0.4) is 0 Å². The van der Waals surface area contributed by atoms with E-state index >= 15 is 0 Å². The first-order chi connectivity index (χ1) is 6.79. The van der Waals surface area contributed by atoms with Crippen molar-refractivity contribution in [2.75, 3.05) is 0 Å². The van der Waals surface area contributed by atoms with E-state index in [9.17, 15) is 4.39 Å². The summed E-state index contributed by atoms with van der Waals surface area (Å²) in [5.74, 6) is -0.276. The van der Waals surface area contributed by atoms with Crippen molar-refractivity contribution < 1.29 is 4.39 Å². The fourth-order valence-corrected chi connectivity index (χ4v) is 1.29. The molecule has 1 heterocycles. The number of aromatic amines is 1. The Balaban J connectivity index is 2.45. The summed E-state index contributed by atoms with van der Waals surface area (Å²) in [6.45, 7) is 0. The molecular weight excluding hydrogens is 179 g/mol. The fourth-order valence-electron chi connectivity index (χ4n) is 1.29. The quantitative estimate of drug-likeness (QED) is 0.730. The molecule has 2 nitrogen and oxygen atoms in total. The summed E-state index contributed by atoms with van der Waals surface area (Å²) in [6, 6.07) is 9.94. The maximum atomic E-state index is 12.9. The molecular formula is C11H7FN2. The van der Waals surface area contributed by atoms with E-state index in [-0.39, 0.29) is 5.82 Å². The van der Waals surface area contributed by atoms with Crippen molar-refractivity contribution in [3.8, 4) is 17.2 Å². The second-order valence-corrected chi connectivity index (χ2v) is 2.92. The fraction of sp³-hybridized carbons (Fsp3) is 0. The Morgan fingerprint density at radius 3 is 2.71 bits per heavy atom. The van der Waals surface area contributed by atoms with E-state index in [0.29, 0.717) is 5.69 Å². The van der Waals surface area contributed by atoms with Crippen LogP contribution in [0.5, 0.6) is 0 Å². The molecule has 0 radical (unpaired) electrons. The number of nitrogens with one attached hydrogen (secondary N) is 1. The van der Waals surface area contributed by atoms with Crippen molar-refractivity contribution in [1.82, 2.24) is 4.98 Å². The van der Waals surface area contributed by atoms with Gasteiger partial charge in [0.05, 0.1) is 0 Å². The van der Waals surface area contributed by atoms with Crippen LogP contribution in [0, 0.1) is 17.1 Å². The molecule has 0 atom stereocenters. The van der Waals surface area contributed by atoms with E-state index in [1.807, 2.05) is 6.07 Å². The molecule has 0 aliphatic rings. The van der Waals surface area contributed by atoms with Crippen LogP contribution in [-0.4, -0.2) is 4.98 Å². The van der Waals surface area contributed by atoms with Gasteiger partial charge >= 0.3 is 0 Å². The maximum absolute atomic E-state index is 12.9. The third-order valence-corrected chi connectivity index (χ3v) is 1.96. The highest BCUT2D eigenvalue weighted by molar-refractivity contribution is 5.64. The highest BCUT2D eigenvalue weighted by Crippen LogP contribution is 2.20. The Labute approximate surface area is 80.6 Å². The molecule has 0 unspecified atom stereocenters. The van der Waals surface area contributed by atoms with Crippen molar-refractivity contribution in [3.05, 3.63) is 48.0 Å². The maximum Gasteiger partial charge on any atom is 0.123 e. The number of hydrogen-bond donors (Lipinski definition) is 1. The Kier molecular flexibility index (Phi) is 2.04. The lowest BCUT2D eigenvalue weighted by atomic mass is 10.1. The highest BCUT2D eigenvalue weighted by atomic mass is 19.1. The molecule has 0 amide bonds. The smallest absolute Gasteiger partial charge is 0.123 e. The third kappa shape index (κ3) is 1.50. The Morgan fingerprint density at radius 2 is 2.07 bits per heavy atom. The van der Waals surface area contributed by atoms with Crippen LogP contribution in [0.15, 0.2) is 36.5 Å². The van der Waals surface area contributed by atoms with Gasteiger partial charge in [-0.15, -0.1) is 0 Å². The van der Waals surface area contributed by atoms with Gasteiger partial charge in [0.15, 0.2) is 0 Å². The summed E-state index contributed by atoms with van der Waals surface area (Å²) in [4.78, 5) is 2.79. The van der Waals surface area contributed by atoms with Crippen LogP contribution in [0.2, 0.25) is 0 Å². The molecule has 1 N–H and O–H groups in total. The summed E-state index contributed by atoms with van der Waals surface area (Å²) in [6.07, 6.45) is 1.69. The van der Waals surface area contributed by atoms with Gasteiger partial charge in [-0.05, 0) is 23.8 Å². The Morgan fingerprint density at radius 1 is 1.21 bits per heavy atom. The largest absolute Gasteiger partial charge is 0.353 e. The number of nitrogens with zero attached hydrogens (tertiary/aromatic N) is 1. The van der Waals surface area contributed by atoms with Crippen LogP contribution < -0.4 is 0 Å². The summed E-state index contributed by atoms with van der Waals surface area (Å²) >= 11 is 0. The van der Waals surface area contributed by atoms with Crippen LogP contribution in [0.25, 0.3) is 11.1 Å². The van der Waals surface area contributed by atoms with Gasteiger partial charge in [0.1, 0.15) is 17.6 Å². The molecule has 1 aromatic heterocycles. The molecule has 0 saturated carbocycles. The number of halogens is 1. The topological polar surface area (TPSA) is 39.6 Å². The molecule has 0 aliphatic carbocycles. The van der Waals surface area contributed by atoms with E-state index in [1.54, 1.807) is 24.4 Å². The van der Waals surface area contributed by atoms with Crippen LogP contribution in [0.1, 0.15) is 5.69 Å². The first-order valence-electron chi connectivity index (χ1n) is 4.14. The van der Waals surface area contributed by atoms with E-state index in [2.05, 4.69) is 4.98 Å². The molecule has 2 aromatic rings. The van der Waals surface area contributed by atoms with Gasteiger partial charge < -0.3 is 4.98 Å². The van der Waals surface area contributed by atoms with Gasteiger partial charge in [-0.2, -0.15) is 5.26 Å². The minimum Gasteiger partial charge on any atom is -0.353 e. The highest BCUT2D eigenvalue weighted by Gasteiger charge is 2.01. The molecule has 2 rings (SSSR count). The van der Waals surface area contributed by atoms with Crippen molar-refractivity contribution in [2.24, 2.45) is 0 Å². The SMILES string of the molecule is N#Cc1cc(-c2cccc(F)c2)c[nH]1. The summed E-state index contributed by atoms with van der Waals surface area (Å²) in [7, 11) is 0. The van der Waals surface area contributed by atoms with E-state index in [1.165, 1.54) is 12.1 Å². The molecule has 1 aromatic carbocycles. The predicted molar refractivity (Wildman–Crippen MR) is 50.9 cm³/mol. The number of rotatable bonds is 1. The Bertz CT molecular complexity index is 494. The van der Waals surface area contributed by atoms with E-state index < -0.39 is 0 Å². The van der Waals surface area contributed by atoms with Crippen LogP contribution in [-0.2, 0) is 0 Å². The van der Waals surface area contributed by atoms with Crippen LogP contribution in [0.4, 0.5) is 4.39 Å². The first kappa shape index (κ1) is 8.52. The van der Waals surface area contributed by atoms with Crippen molar-refractivity contribution in [3.63, 3.8) is 0 Å². The van der Waals surface area contributed by atoms with E-state index in [0.717, 1.165) is 11.1 Å². The van der Waals surface area contributed by atoms with E-state index in [4.69, 9.17) is 5.26 Å². The van der Waals surface area contributed by atoms with Gasteiger partial charge in [0.2, 0.25) is 0 Å². The lowest BCUT2D eigenvalue weighted by molar-refractivity contribution is 0.628. The molecule has 0 saturated heterocycles. The molecule has 3 heteroatoms. The normalized spacial score (nSPS) is 9.71. The van der Waals surface area contributed by atoms with Crippen molar-refractivity contribution in [2.45, 2.75) is 0 Å². The van der Waals surface area contributed by atoms with Gasteiger partial charge in [-0.3, -0.25) is 0 Å². The number of H-pyrrole nitrogens is 1. The Hall–Kier alpha value is -2.08. The number of aromatic nitrogens is 1. The minimum absolute atomic E-state index is 0.276. The molecule has 0 fully saturated rings. The van der Waals surface area contributed by atoms with Gasteiger partial charge in [-0.1, -0.05) is 12.1 Å². The van der Waals surface area contributed by atoms with Crippen LogP contribution >= 0.6 is 0 Å². The average Bonchev–Trinajstić information content (AvgIpc) is 2.66. The monoisotopic (exact) mass is 186 g/mol. The first-order valence-corrected chi connectivity index (χ1v) is 4.14. The lowest BCUT2D eigenvalue weighted by Crippen LogP contribution is -1.76.